The highest BCUT2D eigenvalue weighted by molar-refractivity contribution is 7.89. The second kappa shape index (κ2) is 5.47. The van der Waals surface area contributed by atoms with Gasteiger partial charge in [-0.2, -0.15) is 0 Å². The number of aromatic nitrogens is 3. The normalized spacial score (nSPS) is 11.5. The molecule has 1 heterocycles. The molecule has 0 atom stereocenters. The van der Waals surface area contributed by atoms with Gasteiger partial charge in [0.25, 0.3) is 0 Å². The van der Waals surface area contributed by atoms with E-state index in [1.54, 1.807) is 12.4 Å². The van der Waals surface area contributed by atoms with Crippen molar-refractivity contribution in [2.45, 2.75) is 24.9 Å². The van der Waals surface area contributed by atoms with E-state index in [1.807, 2.05) is 11.5 Å². The van der Waals surface area contributed by atoms with Crippen LogP contribution < -0.4 is 16.2 Å². The average molecular weight is 296 g/mol. The summed E-state index contributed by atoms with van der Waals surface area (Å²) in [5, 5.41) is 15.9. The lowest BCUT2D eigenvalue weighted by Crippen LogP contribution is -2.13. The smallest absolute Gasteiger partial charge is 0.238 e. The zero-order valence-corrected chi connectivity index (χ0v) is 11.8. The van der Waals surface area contributed by atoms with E-state index in [9.17, 15) is 8.42 Å². The summed E-state index contributed by atoms with van der Waals surface area (Å²) in [4.78, 5) is -0.0164. The number of anilines is 2. The summed E-state index contributed by atoms with van der Waals surface area (Å²) in [5.74, 6) is 0.766. The first kappa shape index (κ1) is 14.3. The minimum Gasteiger partial charge on any atom is -0.397 e. The van der Waals surface area contributed by atoms with E-state index in [0.29, 0.717) is 17.9 Å². The Bertz CT molecular complexity index is 709. The quantitative estimate of drug-likeness (QED) is 0.673. The first-order chi connectivity index (χ1) is 9.41. The minimum atomic E-state index is -3.75. The van der Waals surface area contributed by atoms with E-state index >= 15 is 0 Å². The van der Waals surface area contributed by atoms with Crippen molar-refractivity contribution in [3.05, 3.63) is 30.4 Å². The zero-order valence-electron chi connectivity index (χ0n) is 10.9. The van der Waals surface area contributed by atoms with Gasteiger partial charge < -0.3 is 15.6 Å². The van der Waals surface area contributed by atoms with Gasteiger partial charge in [0.2, 0.25) is 10.0 Å². The van der Waals surface area contributed by atoms with Gasteiger partial charge in [-0.15, -0.1) is 10.2 Å². The molecular formula is C11H16N6O2S. The highest BCUT2D eigenvalue weighted by Gasteiger charge is 2.10. The molecule has 0 saturated heterocycles. The van der Waals surface area contributed by atoms with Crippen LogP contribution in [0.5, 0.6) is 0 Å². The fraction of sp³-hybridized carbons (Fsp3) is 0.273. The lowest BCUT2D eigenvalue weighted by molar-refractivity contribution is 0.598. The van der Waals surface area contributed by atoms with Crippen molar-refractivity contribution in [2.24, 2.45) is 5.14 Å². The number of primary sulfonamides is 1. The first-order valence-corrected chi connectivity index (χ1v) is 7.49. The van der Waals surface area contributed by atoms with Crippen molar-refractivity contribution in [3.63, 3.8) is 0 Å². The van der Waals surface area contributed by atoms with Gasteiger partial charge in [0.15, 0.2) is 5.82 Å². The largest absolute Gasteiger partial charge is 0.397 e. The third-order valence-electron chi connectivity index (χ3n) is 2.82. The molecule has 0 radical (unpaired) electrons. The zero-order chi connectivity index (χ0) is 14.8. The lowest BCUT2D eigenvalue weighted by atomic mass is 10.2. The maximum absolute atomic E-state index is 11.2. The van der Waals surface area contributed by atoms with Crippen molar-refractivity contribution in [3.8, 4) is 0 Å². The second-order valence-corrected chi connectivity index (χ2v) is 5.74. The molecule has 2 rings (SSSR count). The molecule has 0 amide bonds. The van der Waals surface area contributed by atoms with Gasteiger partial charge in [0, 0.05) is 6.54 Å². The van der Waals surface area contributed by atoms with Crippen molar-refractivity contribution in [1.82, 2.24) is 14.8 Å². The van der Waals surface area contributed by atoms with Crippen LogP contribution in [0.4, 0.5) is 11.4 Å². The summed E-state index contributed by atoms with van der Waals surface area (Å²) in [7, 11) is -3.75. The predicted molar refractivity (Wildman–Crippen MR) is 75.3 cm³/mol. The van der Waals surface area contributed by atoms with Crippen molar-refractivity contribution in [2.75, 3.05) is 11.1 Å². The molecule has 0 aliphatic carbocycles. The van der Waals surface area contributed by atoms with Crippen LogP contribution in [0.25, 0.3) is 0 Å². The maximum Gasteiger partial charge on any atom is 0.238 e. The number of hydrogen-bond acceptors (Lipinski definition) is 6. The number of nitrogens with zero attached hydrogens (tertiary/aromatic N) is 3. The highest BCUT2D eigenvalue weighted by atomic mass is 32.2. The van der Waals surface area contributed by atoms with Crippen LogP contribution in [0.1, 0.15) is 12.7 Å². The molecule has 1 aromatic carbocycles. The molecule has 20 heavy (non-hydrogen) atoms. The molecular weight excluding hydrogens is 280 g/mol. The van der Waals surface area contributed by atoms with Crippen molar-refractivity contribution in [1.29, 1.82) is 0 Å². The van der Waals surface area contributed by atoms with Crippen molar-refractivity contribution >= 4 is 21.4 Å². The Hall–Kier alpha value is -2.13. The molecule has 0 bridgehead atoms. The molecule has 1 aromatic heterocycles. The molecule has 9 heteroatoms. The molecule has 0 aliphatic heterocycles. The van der Waals surface area contributed by atoms with Gasteiger partial charge in [-0.25, -0.2) is 13.6 Å². The van der Waals surface area contributed by atoms with E-state index in [0.717, 1.165) is 12.4 Å². The Morgan fingerprint density at radius 2 is 2.15 bits per heavy atom. The van der Waals surface area contributed by atoms with Crippen molar-refractivity contribution < 1.29 is 8.42 Å². The van der Waals surface area contributed by atoms with Gasteiger partial charge in [-0.3, -0.25) is 0 Å². The number of sulfonamides is 1. The number of nitrogen functional groups attached to an aromatic ring is 1. The van der Waals surface area contributed by atoms with Crippen LogP contribution in [0.15, 0.2) is 29.4 Å². The third kappa shape index (κ3) is 3.06. The van der Waals surface area contributed by atoms with Crippen LogP contribution in [0.3, 0.4) is 0 Å². The Balaban J connectivity index is 2.15. The first-order valence-electron chi connectivity index (χ1n) is 5.94. The summed E-state index contributed by atoms with van der Waals surface area (Å²) in [6.45, 7) is 3.19. The van der Waals surface area contributed by atoms with Crippen LogP contribution in [-0.2, 0) is 23.1 Å². The number of nitrogens with one attached hydrogen (secondary N) is 1. The van der Waals surface area contributed by atoms with E-state index in [4.69, 9.17) is 10.9 Å². The monoisotopic (exact) mass is 296 g/mol. The molecule has 8 nitrogen and oxygen atoms in total. The van der Waals surface area contributed by atoms with Crippen LogP contribution in [0.2, 0.25) is 0 Å². The van der Waals surface area contributed by atoms with Gasteiger partial charge in [0.1, 0.15) is 6.33 Å². The Labute approximate surface area is 116 Å². The molecule has 0 aliphatic rings. The van der Waals surface area contributed by atoms with Crippen LogP contribution in [0, 0.1) is 0 Å². The Morgan fingerprint density at radius 1 is 1.40 bits per heavy atom. The molecule has 108 valence electrons. The van der Waals surface area contributed by atoms with Gasteiger partial charge in [-0.1, -0.05) is 0 Å². The molecule has 2 aromatic rings. The summed E-state index contributed by atoms with van der Waals surface area (Å²) in [5.41, 5.74) is 6.72. The summed E-state index contributed by atoms with van der Waals surface area (Å²) in [6.07, 6.45) is 1.64. The number of rotatable bonds is 5. The summed E-state index contributed by atoms with van der Waals surface area (Å²) in [6, 6.07) is 4.29. The second-order valence-electron chi connectivity index (χ2n) is 4.18. The molecule has 0 unspecified atom stereocenters. The fourth-order valence-corrected chi connectivity index (χ4v) is 2.28. The van der Waals surface area contributed by atoms with E-state index in [-0.39, 0.29) is 4.90 Å². The lowest BCUT2D eigenvalue weighted by Gasteiger charge is -2.10. The molecule has 0 fully saturated rings. The minimum absolute atomic E-state index is 0.0164. The van der Waals surface area contributed by atoms with E-state index in [2.05, 4.69) is 15.5 Å². The number of nitrogens with two attached hydrogens (primary N) is 2. The molecule has 0 saturated carbocycles. The fourth-order valence-electron chi connectivity index (χ4n) is 1.73. The highest BCUT2D eigenvalue weighted by Crippen LogP contribution is 2.22. The third-order valence-corrected chi connectivity index (χ3v) is 3.74. The Morgan fingerprint density at radius 3 is 2.75 bits per heavy atom. The standard InChI is InChI=1S/C11H16N6O2S/c1-2-17-7-15-16-11(17)6-14-10-4-3-8(5-9(10)12)20(13,18)19/h3-5,7,14H,2,6,12H2,1H3,(H2,13,18,19). The van der Waals surface area contributed by atoms with Gasteiger partial charge in [-0.05, 0) is 25.1 Å². The topological polar surface area (TPSA) is 129 Å². The van der Waals surface area contributed by atoms with Crippen LogP contribution >= 0.6 is 0 Å². The molecule has 0 spiro atoms. The van der Waals surface area contributed by atoms with E-state index in [1.165, 1.54) is 12.1 Å². The summed E-state index contributed by atoms with van der Waals surface area (Å²) >= 11 is 0. The number of aryl methyl sites for hydroxylation is 1. The van der Waals surface area contributed by atoms with Gasteiger partial charge >= 0.3 is 0 Å². The summed E-state index contributed by atoms with van der Waals surface area (Å²) < 4.78 is 24.3. The van der Waals surface area contributed by atoms with E-state index < -0.39 is 10.0 Å². The number of hydrogen-bond donors (Lipinski definition) is 3. The Kier molecular flexibility index (Phi) is 3.91. The predicted octanol–water partition coefficient (Wildman–Crippen LogP) is 0.140. The maximum atomic E-state index is 11.2. The SMILES string of the molecule is CCn1cnnc1CNc1ccc(S(N)(=O)=O)cc1N. The molecule has 5 N–H and O–H groups in total. The number of benzene rings is 1. The van der Waals surface area contributed by atoms with Gasteiger partial charge in [0.05, 0.1) is 22.8 Å². The average Bonchev–Trinajstić information content (AvgIpc) is 2.83. The van der Waals surface area contributed by atoms with Crippen LogP contribution in [-0.4, -0.2) is 23.2 Å².